The summed E-state index contributed by atoms with van der Waals surface area (Å²) in [5.41, 5.74) is 1.53. The molecular formula is C15H14N2O2. The van der Waals surface area contributed by atoms with E-state index in [1.165, 1.54) is 5.56 Å². The summed E-state index contributed by atoms with van der Waals surface area (Å²) in [4.78, 5) is 4.06. The fraction of sp³-hybridized carbons (Fsp3) is 0.200. The Morgan fingerprint density at radius 2 is 1.95 bits per heavy atom. The molecule has 2 aromatic rings. The van der Waals surface area contributed by atoms with Gasteiger partial charge in [0.1, 0.15) is 17.5 Å². The molecule has 0 amide bonds. The number of benzene rings is 1. The van der Waals surface area contributed by atoms with E-state index in [-0.39, 0.29) is 0 Å². The quantitative estimate of drug-likeness (QED) is 0.823. The molecule has 96 valence electrons. The Morgan fingerprint density at radius 3 is 2.63 bits per heavy atom. The van der Waals surface area contributed by atoms with E-state index in [0.29, 0.717) is 23.9 Å². The lowest BCUT2D eigenvalue weighted by atomic mass is 10.1. The minimum Gasteiger partial charge on any atom is -0.439 e. The summed E-state index contributed by atoms with van der Waals surface area (Å²) in [7, 11) is 1.69. The van der Waals surface area contributed by atoms with Crippen LogP contribution in [0.25, 0.3) is 0 Å². The zero-order valence-electron chi connectivity index (χ0n) is 10.7. The average molecular weight is 254 g/mol. The number of aromatic nitrogens is 1. The Hall–Kier alpha value is -2.38. The molecule has 0 bridgehead atoms. The Labute approximate surface area is 112 Å². The average Bonchev–Trinajstić information content (AvgIpc) is 2.47. The number of hydrogen-bond acceptors (Lipinski definition) is 4. The smallest absolute Gasteiger partial charge is 0.220 e. The molecule has 0 aliphatic heterocycles. The maximum atomic E-state index is 8.77. The normalized spacial score (nSPS) is 9.89. The van der Waals surface area contributed by atoms with Crippen LogP contribution in [-0.4, -0.2) is 18.7 Å². The molecule has 1 aromatic carbocycles. The summed E-state index contributed by atoms with van der Waals surface area (Å²) in [6.45, 7) is 0.700. The number of hydrogen-bond donors (Lipinski definition) is 0. The van der Waals surface area contributed by atoms with Crippen molar-refractivity contribution in [3.63, 3.8) is 0 Å². The molecule has 0 aliphatic rings. The predicted octanol–water partition coefficient (Wildman–Crippen LogP) is 2.93. The van der Waals surface area contributed by atoms with Crippen LogP contribution < -0.4 is 4.74 Å². The van der Waals surface area contributed by atoms with Crippen LogP contribution in [0.3, 0.4) is 0 Å². The Bertz CT molecular complexity index is 573. The summed E-state index contributed by atoms with van der Waals surface area (Å²) in [5.74, 6) is 1.12. The first-order valence-electron chi connectivity index (χ1n) is 5.94. The van der Waals surface area contributed by atoms with E-state index in [9.17, 15) is 0 Å². The van der Waals surface area contributed by atoms with Crippen LogP contribution in [-0.2, 0) is 11.2 Å². The molecule has 0 fully saturated rings. The van der Waals surface area contributed by atoms with E-state index in [4.69, 9.17) is 14.7 Å². The van der Waals surface area contributed by atoms with Crippen LogP contribution in [0.5, 0.6) is 11.6 Å². The predicted molar refractivity (Wildman–Crippen MR) is 71.0 cm³/mol. The topological polar surface area (TPSA) is 55.1 Å². The molecule has 2 rings (SSSR count). The highest BCUT2D eigenvalue weighted by molar-refractivity contribution is 5.32. The summed E-state index contributed by atoms with van der Waals surface area (Å²) in [6, 6.07) is 14.8. The number of nitriles is 1. The van der Waals surface area contributed by atoms with Gasteiger partial charge in [0.2, 0.25) is 5.88 Å². The lowest BCUT2D eigenvalue weighted by Gasteiger charge is -2.06. The fourth-order valence-corrected chi connectivity index (χ4v) is 1.60. The zero-order chi connectivity index (χ0) is 13.5. The van der Waals surface area contributed by atoms with Gasteiger partial charge in [-0.3, -0.25) is 0 Å². The maximum absolute atomic E-state index is 8.77. The lowest BCUT2D eigenvalue weighted by molar-refractivity contribution is 0.202. The second-order valence-corrected chi connectivity index (χ2v) is 3.96. The van der Waals surface area contributed by atoms with Crippen molar-refractivity contribution in [2.75, 3.05) is 13.7 Å². The van der Waals surface area contributed by atoms with E-state index in [1.807, 2.05) is 30.3 Å². The highest BCUT2D eigenvalue weighted by Gasteiger charge is 2.00. The van der Waals surface area contributed by atoms with E-state index >= 15 is 0 Å². The van der Waals surface area contributed by atoms with Gasteiger partial charge in [0, 0.05) is 13.2 Å². The van der Waals surface area contributed by atoms with Gasteiger partial charge in [0.15, 0.2) is 0 Å². The van der Waals surface area contributed by atoms with Crippen LogP contribution >= 0.6 is 0 Å². The molecule has 1 heterocycles. The number of pyridine rings is 1. The summed E-state index contributed by atoms with van der Waals surface area (Å²) < 4.78 is 10.6. The monoisotopic (exact) mass is 254 g/mol. The molecular weight excluding hydrogens is 240 g/mol. The Morgan fingerprint density at radius 1 is 1.16 bits per heavy atom. The lowest BCUT2D eigenvalue weighted by Crippen LogP contribution is -1.94. The highest BCUT2D eigenvalue weighted by Crippen LogP contribution is 2.20. The molecule has 1 aromatic heterocycles. The van der Waals surface area contributed by atoms with Crippen molar-refractivity contribution < 1.29 is 9.47 Å². The van der Waals surface area contributed by atoms with Crippen molar-refractivity contribution in [2.24, 2.45) is 0 Å². The molecule has 0 atom stereocenters. The standard InChI is InChI=1S/C15H14N2O2/c1-18-10-9-12-5-7-14(8-6-12)19-15-4-2-3-13(11-16)17-15/h2-8H,9-10H2,1H3. The van der Waals surface area contributed by atoms with Gasteiger partial charge in [-0.25, -0.2) is 4.98 Å². The summed E-state index contributed by atoms with van der Waals surface area (Å²) in [5, 5.41) is 8.77. The van der Waals surface area contributed by atoms with E-state index in [2.05, 4.69) is 4.98 Å². The first-order valence-corrected chi connectivity index (χ1v) is 5.94. The number of methoxy groups -OCH3 is 1. The molecule has 4 nitrogen and oxygen atoms in total. The van der Waals surface area contributed by atoms with E-state index < -0.39 is 0 Å². The molecule has 0 radical (unpaired) electrons. The van der Waals surface area contributed by atoms with E-state index in [1.54, 1.807) is 25.3 Å². The molecule has 0 aliphatic carbocycles. The van der Waals surface area contributed by atoms with Crippen molar-refractivity contribution in [1.29, 1.82) is 5.26 Å². The van der Waals surface area contributed by atoms with Crippen LogP contribution in [0.15, 0.2) is 42.5 Å². The summed E-state index contributed by atoms with van der Waals surface area (Å²) >= 11 is 0. The number of rotatable bonds is 5. The Balaban J connectivity index is 2.04. The SMILES string of the molecule is COCCc1ccc(Oc2cccc(C#N)n2)cc1. The molecule has 19 heavy (non-hydrogen) atoms. The van der Waals surface area contributed by atoms with Gasteiger partial charge < -0.3 is 9.47 Å². The van der Waals surface area contributed by atoms with Gasteiger partial charge in [-0.1, -0.05) is 18.2 Å². The van der Waals surface area contributed by atoms with Crippen LogP contribution in [0.2, 0.25) is 0 Å². The van der Waals surface area contributed by atoms with Crippen molar-refractivity contribution >= 4 is 0 Å². The number of ether oxygens (including phenoxy) is 2. The second kappa shape index (κ2) is 6.53. The van der Waals surface area contributed by atoms with Crippen molar-refractivity contribution in [1.82, 2.24) is 4.98 Å². The van der Waals surface area contributed by atoms with Gasteiger partial charge in [0.05, 0.1) is 6.61 Å². The molecule has 0 saturated carbocycles. The largest absolute Gasteiger partial charge is 0.439 e. The molecule has 0 N–H and O–H groups in total. The summed E-state index contributed by atoms with van der Waals surface area (Å²) in [6.07, 6.45) is 0.874. The zero-order valence-corrected chi connectivity index (χ0v) is 10.7. The third-order valence-corrected chi connectivity index (χ3v) is 2.58. The van der Waals surface area contributed by atoms with Gasteiger partial charge >= 0.3 is 0 Å². The molecule has 4 heteroatoms. The van der Waals surface area contributed by atoms with Crippen LogP contribution in [0.4, 0.5) is 0 Å². The Kier molecular flexibility index (Phi) is 4.49. The van der Waals surface area contributed by atoms with Crippen LogP contribution in [0.1, 0.15) is 11.3 Å². The van der Waals surface area contributed by atoms with Crippen molar-refractivity contribution in [3.05, 3.63) is 53.7 Å². The van der Waals surface area contributed by atoms with Gasteiger partial charge in [0.25, 0.3) is 0 Å². The van der Waals surface area contributed by atoms with Crippen molar-refractivity contribution in [3.8, 4) is 17.7 Å². The van der Waals surface area contributed by atoms with Gasteiger partial charge in [-0.15, -0.1) is 0 Å². The van der Waals surface area contributed by atoms with E-state index in [0.717, 1.165) is 6.42 Å². The van der Waals surface area contributed by atoms with Gasteiger partial charge in [-0.05, 0) is 30.2 Å². The first-order chi connectivity index (χ1) is 9.31. The fourth-order valence-electron chi connectivity index (χ4n) is 1.60. The van der Waals surface area contributed by atoms with Gasteiger partial charge in [-0.2, -0.15) is 5.26 Å². The third-order valence-electron chi connectivity index (χ3n) is 2.58. The number of nitrogens with zero attached hydrogens (tertiary/aromatic N) is 2. The third kappa shape index (κ3) is 3.80. The minimum absolute atomic E-state index is 0.342. The second-order valence-electron chi connectivity index (χ2n) is 3.96. The first kappa shape index (κ1) is 13.1. The van der Waals surface area contributed by atoms with Crippen molar-refractivity contribution in [2.45, 2.75) is 6.42 Å². The minimum atomic E-state index is 0.342. The molecule has 0 spiro atoms. The highest BCUT2D eigenvalue weighted by atomic mass is 16.5. The maximum Gasteiger partial charge on any atom is 0.220 e. The molecule has 0 unspecified atom stereocenters. The molecule has 0 saturated heterocycles. The van der Waals surface area contributed by atoms with Crippen LogP contribution in [0, 0.1) is 11.3 Å².